The maximum atomic E-state index is 12.8. The van der Waals surface area contributed by atoms with Crippen LogP contribution in [-0.4, -0.2) is 25.2 Å². The Balaban J connectivity index is 0.000000994. The van der Waals surface area contributed by atoms with Gasteiger partial charge in [-0.1, -0.05) is 80.3 Å². The van der Waals surface area contributed by atoms with Gasteiger partial charge in [-0.25, -0.2) is 4.79 Å². The van der Waals surface area contributed by atoms with Crippen LogP contribution in [0.25, 0.3) is 0 Å². The molecule has 5 rings (SSSR count). The van der Waals surface area contributed by atoms with Crippen LogP contribution >= 0.6 is 0 Å². The highest BCUT2D eigenvalue weighted by Crippen LogP contribution is 2.45. The predicted octanol–water partition coefficient (Wildman–Crippen LogP) is 7.39. The molecule has 0 saturated heterocycles. The van der Waals surface area contributed by atoms with Gasteiger partial charge in [0, 0.05) is 17.2 Å². The highest BCUT2D eigenvalue weighted by Gasteiger charge is 2.30. The number of anilines is 2. The lowest BCUT2D eigenvalue weighted by atomic mass is 9.88. The molecular formula is C31H36N2O4. The molecule has 1 saturated carbocycles. The lowest BCUT2D eigenvalue weighted by Gasteiger charge is -2.18. The summed E-state index contributed by atoms with van der Waals surface area (Å²) in [4.78, 5) is 24.9. The van der Waals surface area contributed by atoms with Crippen LogP contribution in [0.1, 0.15) is 73.6 Å². The number of hydrogen-bond donors (Lipinski definition) is 2. The molecule has 1 aliphatic heterocycles. The van der Waals surface area contributed by atoms with E-state index in [1.54, 1.807) is 6.92 Å². The first kappa shape index (κ1) is 26.3. The lowest BCUT2D eigenvalue weighted by Crippen LogP contribution is -2.20. The molecular weight excluding hydrogens is 464 g/mol. The van der Waals surface area contributed by atoms with Crippen LogP contribution in [0.3, 0.4) is 0 Å². The van der Waals surface area contributed by atoms with E-state index in [4.69, 9.17) is 9.47 Å². The zero-order valence-electron chi connectivity index (χ0n) is 21.9. The van der Waals surface area contributed by atoms with Crippen LogP contribution in [0.2, 0.25) is 0 Å². The maximum Gasteiger partial charge on any atom is 0.323 e. The molecule has 0 spiro atoms. The molecule has 37 heavy (non-hydrogen) atoms. The molecule has 6 heteroatoms. The standard InChI is InChI=1S/C28H30N2O4.C3H6/c1-4-33-26(31)14-19(3)21-15-23-24(20-8-6-5-7-9-20)17-34-27(23)25(16-21)30-28(32)29-22-12-10-18(2)11-13-22;1-2-3-1/h5-13,15-16,19,24H,4,14,17H2,1-3H3,(H2,29,30,32);1-3H2. The zero-order chi connectivity index (χ0) is 26.2. The van der Waals surface area contributed by atoms with Crippen LogP contribution in [0.15, 0.2) is 66.7 Å². The Hall–Kier alpha value is -3.80. The molecule has 3 aromatic carbocycles. The molecule has 2 amide bonds. The van der Waals surface area contributed by atoms with Gasteiger partial charge in [0.15, 0.2) is 0 Å². The normalized spacial score (nSPS) is 15.8. The quantitative estimate of drug-likeness (QED) is 0.332. The van der Waals surface area contributed by atoms with Crippen molar-refractivity contribution in [3.63, 3.8) is 0 Å². The zero-order valence-corrected chi connectivity index (χ0v) is 21.9. The maximum absolute atomic E-state index is 12.8. The summed E-state index contributed by atoms with van der Waals surface area (Å²) in [5, 5.41) is 5.83. The summed E-state index contributed by atoms with van der Waals surface area (Å²) in [7, 11) is 0. The number of carbonyl (C=O) groups excluding carboxylic acids is 2. The third-order valence-corrected chi connectivity index (χ3v) is 6.37. The predicted molar refractivity (Wildman–Crippen MR) is 148 cm³/mol. The molecule has 1 heterocycles. The summed E-state index contributed by atoms with van der Waals surface area (Å²) < 4.78 is 11.2. The largest absolute Gasteiger partial charge is 0.490 e. The first-order chi connectivity index (χ1) is 17.9. The van der Waals surface area contributed by atoms with E-state index < -0.39 is 0 Å². The molecule has 0 aromatic heterocycles. The molecule has 3 aromatic rings. The van der Waals surface area contributed by atoms with Gasteiger partial charge in [0.25, 0.3) is 0 Å². The van der Waals surface area contributed by atoms with Crippen molar-refractivity contribution < 1.29 is 19.1 Å². The first-order valence-electron chi connectivity index (χ1n) is 13.1. The molecule has 0 bridgehead atoms. The van der Waals surface area contributed by atoms with Gasteiger partial charge in [-0.05, 0) is 49.1 Å². The second-order valence-electron chi connectivity index (χ2n) is 9.68. The fourth-order valence-corrected chi connectivity index (χ4v) is 4.20. The van der Waals surface area contributed by atoms with E-state index in [0.717, 1.165) is 22.3 Å². The number of aryl methyl sites for hydroxylation is 1. The summed E-state index contributed by atoms with van der Waals surface area (Å²) in [5.74, 6) is 0.395. The molecule has 194 valence electrons. The van der Waals surface area contributed by atoms with E-state index in [2.05, 4.69) is 28.8 Å². The van der Waals surface area contributed by atoms with Gasteiger partial charge in [-0.15, -0.1) is 0 Å². The Morgan fingerprint density at radius 2 is 1.70 bits per heavy atom. The molecule has 1 fully saturated rings. The van der Waals surface area contributed by atoms with Crippen LogP contribution in [0.5, 0.6) is 5.75 Å². The van der Waals surface area contributed by atoms with Crippen LogP contribution in [0.4, 0.5) is 16.2 Å². The van der Waals surface area contributed by atoms with Crippen LogP contribution in [-0.2, 0) is 9.53 Å². The average molecular weight is 501 g/mol. The Kier molecular flexibility index (Phi) is 8.83. The first-order valence-corrected chi connectivity index (χ1v) is 13.1. The van der Waals surface area contributed by atoms with Crippen molar-refractivity contribution >= 4 is 23.4 Å². The molecule has 2 unspecified atom stereocenters. The summed E-state index contributed by atoms with van der Waals surface area (Å²) in [6.45, 7) is 6.63. The van der Waals surface area contributed by atoms with Crippen molar-refractivity contribution in [3.8, 4) is 5.75 Å². The Morgan fingerprint density at radius 3 is 2.35 bits per heavy atom. The van der Waals surface area contributed by atoms with Crippen molar-refractivity contribution in [2.75, 3.05) is 23.8 Å². The third kappa shape index (κ3) is 7.35. The fraction of sp³-hybridized carbons (Fsp3) is 0.355. The molecule has 6 nitrogen and oxygen atoms in total. The Morgan fingerprint density at radius 1 is 1.00 bits per heavy atom. The monoisotopic (exact) mass is 500 g/mol. The number of hydrogen-bond acceptors (Lipinski definition) is 4. The highest BCUT2D eigenvalue weighted by atomic mass is 16.5. The molecule has 2 aliphatic rings. The van der Waals surface area contributed by atoms with Gasteiger partial charge in [-0.2, -0.15) is 0 Å². The number of urea groups is 1. The topological polar surface area (TPSA) is 76.7 Å². The second kappa shape index (κ2) is 12.4. The van der Waals surface area contributed by atoms with Crippen molar-refractivity contribution in [1.29, 1.82) is 0 Å². The van der Waals surface area contributed by atoms with E-state index >= 15 is 0 Å². The third-order valence-electron chi connectivity index (χ3n) is 6.37. The van der Waals surface area contributed by atoms with Crippen molar-refractivity contribution in [2.45, 2.75) is 58.3 Å². The van der Waals surface area contributed by atoms with Gasteiger partial charge in [-0.3, -0.25) is 4.79 Å². The SMILES string of the molecule is C1CC1.CCOC(=O)CC(C)c1cc(NC(=O)Nc2ccc(C)cc2)c2c(c1)C(c1ccccc1)CO2. The smallest absolute Gasteiger partial charge is 0.323 e. The average Bonchev–Trinajstić information content (AvgIpc) is 3.71. The lowest BCUT2D eigenvalue weighted by molar-refractivity contribution is -0.143. The molecule has 2 atom stereocenters. The Labute approximate surface area is 219 Å². The number of benzene rings is 3. The summed E-state index contributed by atoms with van der Waals surface area (Å²) in [5.41, 5.74) is 5.51. The van der Waals surface area contributed by atoms with Gasteiger partial charge in [0.05, 0.1) is 25.3 Å². The second-order valence-corrected chi connectivity index (χ2v) is 9.68. The van der Waals surface area contributed by atoms with Crippen LogP contribution in [0, 0.1) is 6.92 Å². The summed E-state index contributed by atoms with van der Waals surface area (Å²) in [6, 6.07) is 21.4. The molecule has 2 N–H and O–H groups in total. The van der Waals surface area contributed by atoms with Gasteiger partial charge in [0.1, 0.15) is 5.75 Å². The number of amides is 2. The van der Waals surface area contributed by atoms with E-state index in [-0.39, 0.29) is 30.3 Å². The number of esters is 1. The fourth-order valence-electron chi connectivity index (χ4n) is 4.20. The minimum absolute atomic E-state index is 0.0478. The van der Waals surface area contributed by atoms with Crippen molar-refractivity contribution in [1.82, 2.24) is 0 Å². The number of ether oxygens (including phenoxy) is 2. The number of carbonyl (C=O) groups is 2. The molecule has 1 aliphatic carbocycles. The van der Waals surface area contributed by atoms with E-state index in [1.165, 1.54) is 19.3 Å². The number of rotatable bonds is 7. The Bertz CT molecular complexity index is 1200. The summed E-state index contributed by atoms with van der Waals surface area (Å²) in [6.07, 6.45) is 4.76. The minimum Gasteiger partial charge on any atom is -0.490 e. The minimum atomic E-state index is -0.354. The van der Waals surface area contributed by atoms with E-state index in [1.807, 2.05) is 62.4 Å². The van der Waals surface area contributed by atoms with Crippen molar-refractivity contribution in [2.24, 2.45) is 0 Å². The molecule has 0 radical (unpaired) electrons. The van der Waals surface area contributed by atoms with E-state index in [9.17, 15) is 9.59 Å². The van der Waals surface area contributed by atoms with E-state index in [0.29, 0.717) is 30.3 Å². The summed E-state index contributed by atoms with van der Waals surface area (Å²) >= 11 is 0. The van der Waals surface area contributed by atoms with Crippen LogP contribution < -0.4 is 15.4 Å². The van der Waals surface area contributed by atoms with Gasteiger partial charge in [0.2, 0.25) is 0 Å². The number of fused-ring (bicyclic) bond motifs is 1. The van der Waals surface area contributed by atoms with Gasteiger partial charge >= 0.3 is 12.0 Å². The number of nitrogens with one attached hydrogen (secondary N) is 2. The highest BCUT2D eigenvalue weighted by molar-refractivity contribution is 6.01. The van der Waals surface area contributed by atoms with Crippen molar-refractivity contribution in [3.05, 3.63) is 89.0 Å². The van der Waals surface area contributed by atoms with Gasteiger partial charge < -0.3 is 20.1 Å².